The summed E-state index contributed by atoms with van der Waals surface area (Å²) in [7, 11) is 3.99. The molecule has 1 saturated carbocycles. The minimum absolute atomic E-state index is 0.184. The molecule has 1 aromatic heterocycles. The highest BCUT2D eigenvalue weighted by atomic mass is 19.3. The second-order valence-corrected chi connectivity index (χ2v) is 8.38. The van der Waals surface area contributed by atoms with E-state index in [4.69, 9.17) is 9.97 Å². The van der Waals surface area contributed by atoms with E-state index in [9.17, 15) is 8.78 Å². The second-order valence-electron chi connectivity index (χ2n) is 8.38. The van der Waals surface area contributed by atoms with E-state index >= 15 is 0 Å². The summed E-state index contributed by atoms with van der Waals surface area (Å²) >= 11 is 0. The molecule has 2 N–H and O–H groups in total. The summed E-state index contributed by atoms with van der Waals surface area (Å²) in [5.41, 5.74) is 1.99. The Morgan fingerprint density at radius 3 is 2.34 bits per heavy atom. The highest BCUT2D eigenvalue weighted by Gasteiger charge is 2.22. The van der Waals surface area contributed by atoms with Gasteiger partial charge >= 0.3 is 6.61 Å². The lowest BCUT2D eigenvalue weighted by atomic mass is 9.91. The lowest BCUT2D eigenvalue weighted by Gasteiger charge is -2.30. The second kappa shape index (κ2) is 10.1. The number of fused-ring (bicyclic) bond motifs is 1. The Morgan fingerprint density at radius 1 is 0.969 bits per heavy atom. The van der Waals surface area contributed by atoms with Crippen LogP contribution < -0.4 is 20.3 Å². The number of nitrogens with zero attached hydrogens (tertiary/aromatic N) is 3. The van der Waals surface area contributed by atoms with Crippen LogP contribution in [-0.2, 0) is 6.54 Å². The first-order valence-electron chi connectivity index (χ1n) is 11.0. The van der Waals surface area contributed by atoms with Gasteiger partial charge in [-0.1, -0.05) is 24.3 Å². The van der Waals surface area contributed by atoms with Gasteiger partial charge in [0.05, 0.1) is 5.52 Å². The topological polar surface area (TPSA) is 62.3 Å². The fourth-order valence-electron chi connectivity index (χ4n) is 4.14. The summed E-state index contributed by atoms with van der Waals surface area (Å²) in [6.07, 6.45) is 4.18. The molecule has 6 nitrogen and oxygen atoms in total. The minimum atomic E-state index is -2.79. The van der Waals surface area contributed by atoms with Gasteiger partial charge in [0.25, 0.3) is 0 Å². The van der Waals surface area contributed by atoms with Crippen LogP contribution in [0.4, 0.5) is 20.5 Å². The molecule has 0 radical (unpaired) electrons. The molecule has 1 aliphatic rings. The zero-order valence-corrected chi connectivity index (χ0v) is 18.4. The molecule has 0 bridgehead atoms. The van der Waals surface area contributed by atoms with Crippen LogP contribution in [0.2, 0.25) is 0 Å². The average molecular weight is 442 g/mol. The normalized spacial score (nSPS) is 18.7. The molecule has 32 heavy (non-hydrogen) atoms. The van der Waals surface area contributed by atoms with Crippen LogP contribution in [-0.4, -0.2) is 42.8 Å². The Bertz CT molecular complexity index is 1020. The molecule has 0 atom stereocenters. The number of hydrogen-bond acceptors (Lipinski definition) is 6. The molecule has 0 spiro atoms. The molecule has 8 heteroatoms. The zero-order valence-electron chi connectivity index (χ0n) is 18.4. The van der Waals surface area contributed by atoms with Crippen molar-refractivity contribution in [3.8, 4) is 5.75 Å². The van der Waals surface area contributed by atoms with Crippen molar-refractivity contribution in [2.45, 2.75) is 50.9 Å². The van der Waals surface area contributed by atoms with Crippen molar-refractivity contribution < 1.29 is 13.5 Å². The largest absolute Gasteiger partial charge is 0.435 e. The number of para-hydroxylation sites is 1. The van der Waals surface area contributed by atoms with Crippen molar-refractivity contribution in [1.82, 2.24) is 15.3 Å². The van der Waals surface area contributed by atoms with Gasteiger partial charge in [-0.3, -0.25) is 0 Å². The van der Waals surface area contributed by atoms with E-state index in [0.717, 1.165) is 48.0 Å². The van der Waals surface area contributed by atoms with Gasteiger partial charge < -0.3 is 20.3 Å². The lowest BCUT2D eigenvalue weighted by Crippen LogP contribution is -2.37. The van der Waals surface area contributed by atoms with Gasteiger partial charge in [-0.15, -0.1) is 0 Å². The molecule has 170 valence electrons. The predicted octanol–water partition coefficient (Wildman–Crippen LogP) is 4.81. The Morgan fingerprint density at radius 2 is 1.66 bits per heavy atom. The van der Waals surface area contributed by atoms with E-state index in [-0.39, 0.29) is 5.75 Å². The first kappa shape index (κ1) is 22.2. The smallest absolute Gasteiger partial charge is 0.387 e. The van der Waals surface area contributed by atoms with E-state index in [1.807, 2.05) is 55.4 Å². The highest BCUT2D eigenvalue weighted by Crippen LogP contribution is 2.26. The number of hydrogen-bond donors (Lipinski definition) is 2. The van der Waals surface area contributed by atoms with Crippen LogP contribution in [0.1, 0.15) is 31.2 Å². The van der Waals surface area contributed by atoms with Crippen LogP contribution in [0.15, 0.2) is 48.5 Å². The van der Waals surface area contributed by atoms with Crippen molar-refractivity contribution in [2.75, 3.05) is 24.3 Å². The third-order valence-electron chi connectivity index (χ3n) is 5.81. The van der Waals surface area contributed by atoms with Crippen LogP contribution in [0, 0.1) is 0 Å². The van der Waals surface area contributed by atoms with E-state index < -0.39 is 6.61 Å². The first-order valence-corrected chi connectivity index (χ1v) is 11.0. The minimum Gasteiger partial charge on any atom is -0.435 e. The molecule has 1 aliphatic carbocycles. The highest BCUT2D eigenvalue weighted by molar-refractivity contribution is 5.90. The van der Waals surface area contributed by atoms with Crippen LogP contribution in [0.5, 0.6) is 5.75 Å². The van der Waals surface area contributed by atoms with Crippen molar-refractivity contribution in [3.63, 3.8) is 0 Å². The third-order valence-corrected chi connectivity index (χ3v) is 5.81. The maximum atomic E-state index is 12.3. The fraction of sp³-hybridized carbons (Fsp3) is 0.417. The number of benzene rings is 2. The summed E-state index contributed by atoms with van der Waals surface area (Å²) in [6.45, 7) is -2.09. The summed E-state index contributed by atoms with van der Waals surface area (Å²) in [5, 5.41) is 8.15. The van der Waals surface area contributed by atoms with Crippen molar-refractivity contribution in [3.05, 3.63) is 54.1 Å². The quantitative estimate of drug-likeness (QED) is 0.523. The van der Waals surface area contributed by atoms with Gasteiger partial charge in [0.15, 0.2) is 0 Å². The number of anilines is 2. The third kappa shape index (κ3) is 5.62. The average Bonchev–Trinajstić information content (AvgIpc) is 2.78. The van der Waals surface area contributed by atoms with Gasteiger partial charge in [-0.05, 0) is 55.5 Å². The van der Waals surface area contributed by atoms with Crippen LogP contribution in [0.25, 0.3) is 10.9 Å². The standard InChI is InChI=1S/C24H29F2N5O/c1-31(2)22-20-5-3-4-6-21(20)29-24(30-22)28-18-11-9-17(10-12-18)27-15-16-7-13-19(14-8-16)32-23(25)26/h3-8,13-14,17-18,23,27H,9-12,15H2,1-2H3,(H,28,29,30). The molecule has 3 aromatic rings. The van der Waals surface area contributed by atoms with Gasteiger partial charge in [-0.25, -0.2) is 4.98 Å². The van der Waals surface area contributed by atoms with Gasteiger partial charge in [-0.2, -0.15) is 13.8 Å². The molecule has 4 rings (SSSR count). The van der Waals surface area contributed by atoms with E-state index in [1.54, 1.807) is 12.1 Å². The Balaban J connectivity index is 1.29. The SMILES string of the molecule is CN(C)c1nc(NC2CCC(NCc3ccc(OC(F)F)cc3)CC2)nc2ccccc12. The Hall–Kier alpha value is -3.00. The first-order chi connectivity index (χ1) is 15.5. The Kier molecular flexibility index (Phi) is 6.99. The van der Waals surface area contributed by atoms with Gasteiger partial charge in [0, 0.05) is 38.1 Å². The molecule has 1 heterocycles. The van der Waals surface area contributed by atoms with Gasteiger partial charge in [0.2, 0.25) is 5.95 Å². The zero-order chi connectivity index (χ0) is 22.5. The maximum Gasteiger partial charge on any atom is 0.387 e. The number of nitrogens with one attached hydrogen (secondary N) is 2. The summed E-state index contributed by atoms with van der Waals surface area (Å²) in [6, 6.07) is 15.6. The number of ether oxygens (including phenoxy) is 1. The summed E-state index contributed by atoms with van der Waals surface area (Å²) < 4.78 is 28.9. The van der Waals surface area contributed by atoms with Crippen LogP contribution in [0.3, 0.4) is 0 Å². The molecule has 0 amide bonds. The van der Waals surface area contributed by atoms with E-state index in [0.29, 0.717) is 24.6 Å². The number of aromatic nitrogens is 2. The maximum absolute atomic E-state index is 12.3. The van der Waals surface area contributed by atoms with E-state index in [1.165, 1.54) is 0 Å². The molecule has 0 aliphatic heterocycles. The van der Waals surface area contributed by atoms with Gasteiger partial charge in [0.1, 0.15) is 11.6 Å². The summed E-state index contributed by atoms with van der Waals surface area (Å²) in [4.78, 5) is 11.5. The summed E-state index contributed by atoms with van der Waals surface area (Å²) in [5.74, 6) is 1.78. The van der Waals surface area contributed by atoms with E-state index in [2.05, 4.69) is 15.4 Å². The lowest BCUT2D eigenvalue weighted by molar-refractivity contribution is -0.0498. The van der Waals surface area contributed by atoms with Crippen molar-refractivity contribution in [1.29, 1.82) is 0 Å². The molecule has 0 unspecified atom stereocenters. The van der Waals surface area contributed by atoms with Crippen molar-refractivity contribution in [2.24, 2.45) is 0 Å². The molecule has 2 aromatic carbocycles. The Labute approximate surface area is 187 Å². The molecular weight excluding hydrogens is 412 g/mol. The molecular formula is C24H29F2N5O. The monoisotopic (exact) mass is 441 g/mol. The molecule has 0 saturated heterocycles. The number of halogens is 2. The fourth-order valence-corrected chi connectivity index (χ4v) is 4.14. The number of alkyl halides is 2. The van der Waals surface area contributed by atoms with Crippen LogP contribution >= 0.6 is 0 Å². The number of rotatable bonds is 8. The predicted molar refractivity (Wildman–Crippen MR) is 123 cm³/mol. The molecule has 1 fully saturated rings. The van der Waals surface area contributed by atoms with Crippen molar-refractivity contribution >= 4 is 22.7 Å².